The van der Waals surface area contributed by atoms with Crippen molar-refractivity contribution < 1.29 is 14.3 Å². The molecule has 1 aromatic carbocycles. The summed E-state index contributed by atoms with van der Waals surface area (Å²) in [5.41, 5.74) is 2.58. The van der Waals surface area contributed by atoms with Gasteiger partial charge >= 0.3 is 0 Å². The average Bonchev–Trinajstić information content (AvgIpc) is 3.38. The molecule has 2 atom stereocenters. The SMILES string of the molecule is COc1cc(C(=O)N2CC3CCC(C2)O3)ccc1Nc1ncc(Cl)c(-c2cnn(C)c2)n1. The van der Waals surface area contributed by atoms with Crippen molar-refractivity contribution in [3.8, 4) is 17.0 Å². The van der Waals surface area contributed by atoms with Crippen LogP contribution in [-0.2, 0) is 11.8 Å². The Kier molecular flexibility index (Phi) is 5.44. The molecule has 1 N–H and O–H groups in total. The predicted molar refractivity (Wildman–Crippen MR) is 119 cm³/mol. The van der Waals surface area contributed by atoms with Gasteiger partial charge in [0.15, 0.2) is 0 Å². The van der Waals surface area contributed by atoms with Crippen molar-refractivity contribution in [3.63, 3.8) is 0 Å². The molecular formula is C22H23ClN6O3. The molecule has 32 heavy (non-hydrogen) atoms. The molecule has 10 heteroatoms. The molecule has 2 saturated heterocycles. The number of carbonyl (C=O) groups is 1. The number of morpholine rings is 1. The molecule has 2 bridgehead atoms. The number of amides is 1. The van der Waals surface area contributed by atoms with Crippen LogP contribution >= 0.6 is 11.6 Å². The number of likely N-dealkylation sites (tertiary alicyclic amines) is 1. The third kappa shape index (κ3) is 4.01. The van der Waals surface area contributed by atoms with Crippen LogP contribution in [-0.4, -0.2) is 63.0 Å². The molecule has 2 aromatic heterocycles. The standard InChI is InChI=1S/C22H23ClN6O3/c1-28-10-14(8-25-28)20-17(23)9-24-22(27-20)26-18-6-3-13(7-19(18)31-2)21(30)29-11-15-4-5-16(12-29)32-15/h3,6-10,15-16H,4-5,11-12H2,1-2H3,(H,24,26,27). The Morgan fingerprint density at radius 1 is 1.25 bits per heavy atom. The van der Waals surface area contributed by atoms with Crippen molar-refractivity contribution in [3.05, 3.63) is 47.4 Å². The number of hydrogen-bond acceptors (Lipinski definition) is 7. The summed E-state index contributed by atoms with van der Waals surface area (Å²) in [5.74, 6) is 0.862. The van der Waals surface area contributed by atoms with Crippen molar-refractivity contribution in [2.24, 2.45) is 7.05 Å². The Morgan fingerprint density at radius 2 is 2.03 bits per heavy atom. The van der Waals surface area contributed by atoms with Crippen LogP contribution in [0.1, 0.15) is 23.2 Å². The van der Waals surface area contributed by atoms with Crippen LogP contribution in [0.3, 0.4) is 0 Å². The van der Waals surface area contributed by atoms with Gasteiger partial charge in [-0.1, -0.05) is 11.6 Å². The lowest BCUT2D eigenvalue weighted by molar-refractivity contribution is -0.0303. The fourth-order valence-corrected chi connectivity index (χ4v) is 4.38. The molecule has 0 spiro atoms. The number of halogens is 1. The van der Waals surface area contributed by atoms with E-state index in [1.165, 1.54) is 6.20 Å². The number of fused-ring (bicyclic) bond motifs is 2. The Hall–Kier alpha value is -3.17. The Labute approximate surface area is 190 Å². The number of methoxy groups -OCH3 is 1. The molecule has 5 rings (SSSR count). The van der Waals surface area contributed by atoms with Crippen molar-refractivity contribution in [1.29, 1.82) is 0 Å². The van der Waals surface area contributed by atoms with E-state index < -0.39 is 0 Å². The maximum absolute atomic E-state index is 13.0. The zero-order chi connectivity index (χ0) is 22.2. The highest BCUT2D eigenvalue weighted by atomic mass is 35.5. The first kappa shape index (κ1) is 20.7. The van der Waals surface area contributed by atoms with Gasteiger partial charge in [-0.25, -0.2) is 9.97 Å². The third-order valence-electron chi connectivity index (χ3n) is 5.75. The summed E-state index contributed by atoms with van der Waals surface area (Å²) in [7, 11) is 3.39. The van der Waals surface area contributed by atoms with Crippen molar-refractivity contribution in [1.82, 2.24) is 24.6 Å². The molecule has 0 aliphatic carbocycles. The quantitative estimate of drug-likeness (QED) is 0.632. The van der Waals surface area contributed by atoms with Crippen molar-refractivity contribution in [2.45, 2.75) is 25.0 Å². The number of nitrogens with zero attached hydrogens (tertiary/aromatic N) is 5. The summed E-state index contributed by atoms with van der Waals surface area (Å²) in [6, 6.07) is 5.31. The van der Waals surface area contributed by atoms with Gasteiger partial charge in [0.05, 0.1) is 48.1 Å². The van der Waals surface area contributed by atoms with E-state index in [0.717, 1.165) is 18.4 Å². The van der Waals surface area contributed by atoms with Gasteiger partial charge in [0.2, 0.25) is 5.95 Å². The van der Waals surface area contributed by atoms with E-state index in [9.17, 15) is 4.79 Å². The van der Waals surface area contributed by atoms with E-state index in [1.54, 1.807) is 36.2 Å². The van der Waals surface area contributed by atoms with Gasteiger partial charge in [0.25, 0.3) is 5.91 Å². The summed E-state index contributed by atoms with van der Waals surface area (Å²) in [5, 5.41) is 7.75. The Bertz CT molecular complexity index is 1150. The molecular weight excluding hydrogens is 432 g/mol. The van der Waals surface area contributed by atoms with Gasteiger partial charge in [0.1, 0.15) is 5.75 Å². The molecule has 1 amide bonds. The van der Waals surface area contributed by atoms with Crippen molar-refractivity contribution >= 4 is 29.1 Å². The van der Waals surface area contributed by atoms with Crippen LogP contribution in [0.2, 0.25) is 5.02 Å². The fourth-order valence-electron chi connectivity index (χ4n) is 4.18. The molecule has 2 aliphatic heterocycles. The Balaban J connectivity index is 1.37. The lowest BCUT2D eigenvalue weighted by Gasteiger charge is -2.32. The minimum atomic E-state index is -0.0170. The topological polar surface area (TPSA) is 94.4 Å². The summed E-state index contributed by atoms with van der Waals surface area (Å²) < 4.78 is 13.1. The smallest absolute Gasteiger partial charge is 0.254 e. The van der Waals surface area contributed by atoms with Gasteiger partial charge < -0.3 is 19.7 Å². The van der Waals surface area contributed by atoms with Gasteiger partial charge in [-0.15, -0.1) is 0 Å². The maximum Gasteiger partial charge on any atom is 0.254 e. The minimum Gasteiger partial charge on any atom is -0.495 e. The lowest BCUT2D eigenvalue weighted by atomic mass is 10.1. The van der Waals surface area contributed by atoms with Crippen LogP contribution in [0.25, 0.3) is 11.3 Å². The average molecular weight is 455 g/mol. The molecule has 2 fully saturated rings. The molecule has 3 aromatic rings. The number of benzene rings is 1. The van der Waals surface area contributed by atoms with Crippen LogP contribution in [0, 0.1) is 0 Å². The highest BCUT2D eigenvalue weighted by molar-refractivity contribution is 6.32. The Morgan fingerprint density at radius 3 is 2.72 bits per heavy atom. The maximum atomic E-state index is 13.0. The zero-order valence-corrected chi connectivity index (χ0v) is 18.5. The van der Waals surface area contributed by atoms with Crippen molar-refractivity contribution in [2.75, 3.05) is 25.5 Å². The van der Waals surface area contributed by atoms with Gasteiger partial charge in [-0.3, -0.25) is 9.48 Å². The molecule has 2 aliphatic rings. The van der Waals surface area contributed by atoms with E-state index in [0.29, 0.717) is 46.8 Å². The fraction of sp³-hybridized carbons (Fsp3) is 0.364. The predicted octanol–water partition coefficient (Wildman–Crippen LogP) is 3.29. The second-order valence-electron chi connectivity index (χ2n) is 8.00. The van der Waals surface area contributed by atoms with E-state index >= 15 is 0 Å². The zero-order valence-electron chi connectivity index (χ0n) is 17.8. The number of carbonyl (C=O) groups excluding carboxylic acids is 1. The molecule has 2 unspecified atom stereocenters. The third-order valence-corrected chi connectivity index (χ3v) is 6.02. The first-order chi connectivity index (χ1) is 15.5. The summed E-state index contributed by atoms with van der Waals surface area (Å²) in [6.45, 7) is 1.26. The molecule has 0 radical (unpaired) electrons. The van der Waals surface area contributed by atoms with E-state index in [2.05, 4.69) is 20.4 Å². The number of hydrogen-bond donors (Lipinski definition) is 1. The normalized spacial score (nSPS) is 19.8. The second kappa shape index (κ2) is 8.40. The molecule has 0 saturated carbocycles. The summed E-state index contributed by atoms with van der Waals surface area (Å²) in [6.07, 6.45) is 7.39. The van der Waals surface area contributed by atoms with Crippen LogP contribution in [0.15, 0.2) is 36.8 Å². The van der Waals surface area contributed by atoms with E-state index in [4.69, 9.17) is 21.1 Å². The summed E-state index contributed by atoms with van der Waals surface area (Å²) >= 11 is 6.29. The number of rotatable bonds is 5. The van der Waals surface area contributed by atoms with Gasteiger partial charge in [-0.05, 0) is 31.0 Å². The van der Waals surface area contributed by atoms with Crippen LogP contribution < -0.4 is 10.1 Å². The number of aromatic nitrogens is 4. The number of aryl methyl sites for hydroxylation is 1. The molecule has 4 heterocycles. The lowest BCUT2D eigenvalue weighted by Crippen LogP contribution is -2.45. The first-order valence-corrected chi connectivity index (χ1v) is 10.8. The summed E-state index contributed by atoms with van der Waals surface area (Å²) in [4.78, 5) is 23.7. The van der Waals surface area contributed by atoms with Gasteiger partial charge in [-0.2, -0.15) is 5.10 Å². The highest BCUT2D eigenvalue weighted by Crippen LogP contribution is 2.32. The second-order valence-corrected chi connectivity index (χ2v) is 8.41. The molecule has 166 valence electrons. The highest BCUT2D eigenvalue weighted by Gasteiger charge is 2.36. The minimum absolute atomic E-state index is 0.0170. The molecule has 9 nitrogen and oxygen atoms in total. The monoisotopic (exact) mass is 454 g/mol. The van der Waals surface area contributed by atoms with E-state index in [-0.39, 0.29) is 18.1 Å². The van der Waals surface area contributed by atoms with Crippen LogP contribution in [0.4, 0.5) is 11.6 Å². The largest absolute Gasteiger partial charge is 0.495 e. The van der Waals surface area contributed by atoms with Crippen LogP contribution in [0.5, 0.6) is 5.75 Å². The van der Waals surface area contributed by atoms with Gasteiger partial charge in [0, 0.05) is 37.5 Å². The number of ether oxygens (including phenoxy) is 2. The number of anilines is 2. The first-order valence-electron chi connectivity index (χ1n) is 10.4. The number of nitrogens with one attached hydrogen (secondary N) is 1. The van der Waals surface area contributed by atoms with E-state index in [1.807, 2.05) is 18.1 Å².